The van der Waals surface area contributed by atoms with Crippen molar-refractivity contribution in [3.8, 4) is 0 Å². The number of halogens is 1. The third kappa shape index (κ3) is 4.03. The topological polar surface area (TPSA) is 34.0 Å². The second-order valence-corrected chi connectivity index (χ2v) is 6.62. The minimum Gasteiger partial charge on any atom is -0.352 e. The van der Waals surface area contributed by atoms with Crippen molar-refractivity contribution < 1.29 is 4.79 Å². The number of rotatable bonds is 6. The van der Waals surface area contributed by atoms with Crippen LogP contribution in [-0.2, 0) is 11.3 Å². The number of benzene rings is 1. The van der Waals surface area contributed by atoms with E-state index >= 15 is 0 Å². The molecule has 1 N–H and O–H groups in total. The molecule has 0 aliphatic heterocycles. The van der Waals surface area contributed by atoms with Gasteiger partial charge in [0.1, 0.15) is 0 Å². The Kier molecular flexibility index (Phi) is 5.16. The zero-order valence-corrected chi connectivity index (χ0v) is 14.1. The van der Waals surface area contributed by atoms with Crippen molar-refractivity contribution in [2.75, 3.05) is 0 Å². The van der Waals surface area contributed by atoms with Crippen LogP contribution in [0.5, 0.6) is 0 Å². The number of carbonyl (C=O) groups excluding carboxylic acids is 1. The van der Waals surface area contributed by atoms with Crippen LogP contribution in [0.2, 0.25) is 5.02 Å². The van der Waals surface area contributed by atoms with E-state index in [1.54, 1.807) is 11.3 Å². The summed E-state index contributed by atoms with van der Waals surface area (Å²) in [4.78, 5) is 13.5. The first-order valence-corrected chi connectivity index (χ1v) is 8.66. The van der Waals surface area contributed by atoms with Gasteiger partial charge in [-0.25, -0.2) is 0 Å². The van der Waals surface area contributed by atoms with E-state index in [2.05, 4.69) is 16.0 Å². The Balaban J connectivity index is 1.66. The van der Waals surface area contributed by atoms with Crippen LogP contribution in [0.4, 0.5) is 0 Å². The number of hydrogen-bond acceptors (Lipinski definition) is 2. The quantitative estimate of drug-likeness (QED) is 0.702. The molecule has 0 unspecified atom stereocenters. The van der Waals surface area contributed by atoms with Crippen LogP contribution in [0.1, 0.15) is 22.9 Å². The third-order valence-corrected chi connectivity index (χ3v) is 5.01. The number of aromatic nitrogens is 1. The normalized spacial score (nSPS) is 12.0. The molecule has 0 bridgehead atoms. The molecule has 0 aliphatic rings. The van der Waals surface area contributed by atoms with E-state index in [-0.39, 0.29) is 11.9 Å². The molecular weight excluding hydrogens is 328 g/mol. The van der Waals surface area contributed by atoms with Gasteiger partial charge in [0.15, 0.2) is 0 Å². The summed E-state index contributed by atoms with van der Waals surface area (Å²) in [5.41, 5.74) is 0.927. The summed E-state index contributed by atoms with van der Waals surface area (Å²) in [6.07, 6.45) is 4.39. The Hall–Kier alpha value is -2.04. The van der Waals surface area contributed by atoms with Gasteiger partial charge in [0.2, 0.25) is 5.91 Å². The Bertz CT molecular complexity index is 719. The molecule has 0 saturated heterocycles. The second kappa shape index (κ2) is 7.49. The van der Waals surface area contributed by atoms with Crippen LogP contribution in [0.3, 0.4) is 0 Å². The number of nitrogens with one attached hydrogen (secondary N) is 1. The first-order valence-electron chi connectivity index (χ1n) is 7.40. The molecule has 23 heavy (non-hydrogen) atoms. The minimum absolute atomic E-state index is 0.0111. The van der Waals surface area contributed by atoms with E-state index in [0.717, 1.165) is 5.56 Å². The van der Waals surface area contributed by atoms with Crippen molar-refractivity contribution in [2.45, 2.75) is 19.0 Å². The van der Waals surface area contributed by atoms with Gasteiger partial charge in [-0.2, -0.15) is 0 Å². The lowest BCUT2D eigenvalue weighted by Gasteiger charge is -2.17. The van der Waals surface area contributed by atoms with Crippen molar-refractivity contribution in [1.82, 2.24) is 9.88 Å². The molecule has 1 atom stereocenters. The number of thiophene rings is 1. The fourth-order valence-corrected chi connectivity index (χ4v) is 3.51. The lowest BCUT2D eigenvalue weighted by molar-refractivity contribution is -0.121. The van der Waals surface area contributed by atoms with Crippen molar-refractivity contribution in [2.24, 2.45) is 0 Å². The standard InChI is InChI=1S/C18H17ClN2OS/c19-15-7-2-1-6-14(15)13-20-18(22)12-16(17-8-5-11-23-17)21-9-3-4-10-21/h1-11,16H,12-13H2,(H,20,22)/t16-/m0/s1. The lowest BCUT2D eigenvalue weighted by Crippen LogP contribution is -2.26. The molecule has 0 radical (unpaired) electrons. The smallest absolute Gasteiger partial charge is 0.222 e. The molecule has 3 nitrogen and oxygen atoms in total. The molecule has 0 saturated carbocycles. The molecule has 1 amide bonds. The van der Waals surface area contributed by atoms with Gasteiger partial charge < -0.3 is 9.88 Å². The average molecular weight is 345 g/mol. The predicted molar refractivity (Wildman–Crippen MR) is 94.8 cm³/mol. The molecule has 0 spiro atoms. The van der Waals surface area contributed by atoms with Gasteiger partial charge in [0.05, 0.1) is 12.5 Å². The summed E-state index contributed by atoms with van der Waals surface area (Å²) in [6.45, 7) is 0.446. The van der Waals surface area contributed by atoms with Gasteiger partial charge in [-0.15, -0.1) is 11.3 Å². The molecule has 2 heterocycles. The maximum Gasteiger partial charge on any atom is 0.222 e. The van der Waals surface area contributed by atoms with Gasteiger partial charge in [0, 0.05) is 28.8 Å². The first kappa shape index (κ1) is 15.8. The highest BCUT2D eigenvalue weighted by Gasteiger charge is 2.18. The summed E-state index contributed by atoms with van der Waals surface area (Å²) in [5, 5.41) is 5.67. The maximum absolute atomic E-state index is 12.4. The fourth-order valence-electron chi connectivity index (χ4n) is 2.47. The molecular formula is C18H17ClN2OS. The van der Waals surface area contributed by atoms with Crippen LogP contribution in [0.25, 0.3) is 0 Å². The summed E-state index contributed by atoms with van der Waals surface area (Å²) in [6, 6.07) is 15.6. The van der Waals surface area contributed by atoms with Crippen molar-refractivity contribution in [3.05, 3.63) is 81.8 Å². The minimum atomic E-state index is 0.0111. The Morgan fingerprint density at radius 3 is 2.61 bits per heavy atom. The molecule has 3 aromatic rings. The van der Waals surface area contributed by atoms with E-state index in [0.29, 0.717) is 18.0 Å². The number of carbonyl (C=O) groups is 1. The largest absolute Gasteiger partial charge is 0.352 e. The van der Waals surface area contributed by atoms with Gasteiger partial charge in [-0.1, -0.05) is 35.9 Å². The van der Waals surface area contributed by atoms with Gasteiger partial charge in [0.25, 0.3) is 0 Å². The summed E-state index contributed by atoms with van der Waals surface area (Å²) in [7, 11) is 0. The van der Waals surface area contributed by atoms with Crippen LogP contribution >= 0.6 is 22.9 Å². The summed E-state index contributed by atoms with van der Waals surface area (Å²) < 4.78 is 2.07. The van der Waals surface area contributed by atoms with Crippen LogP contribution < -0.4 is 5.32 Å². The van der Waals surface area contributed by atoms with Crippen molar-refractivity contribution in [1.29, 1.82) is 0 Å². The zero-order chi connectivity index (χ0) is 16.1. The van der Waals surface area contributed by atoms with Crippen molar-refractivity contribution >= 4 is 28.8 Å². The van der Waals surface area contributed by atoms with Crippen LogP contribution in [-0.4, -0.2) is 10.5 Å². The third-order valence-electron chi connectivity index (χ3n) is 3.67. The lowest BCUT2D eigenvalue weighted by atomic mass is 10.1. The Labute approximate surface area is 144 Å². The predicted octanol–water partition coefficient (Wildman–Crippen LogP) is 4.50. The van der Waals surface area contributed by atoms with Crippen LogP contribution in [0.15, 0.2) is 66.3 Å². The average Bonchev–Trinajstić information content (AvgIpc) is 3.25. The first-order chi connectivity index (χ1) is 11.2. The Morgan fingerprint density at radius 1 is 1.13 bits per heavy atom. The van der Waals surface area contributed by atoms with Gasteiger partial charge in [-0.3, -0.25) is 4.79 Å². The summed E-state index contributed by atoms with van der Waals surface area (Å²) >= 11 is 7.79. The SMILES string of the molecule is O=C(C[C@@H](c1cccs1)n1cccc1)NCc1ccccc1Cl. The molecule has 5 heteroatoms. The monoisotopic (exact) mass is 344 g/mol. The molecule has 2 aromatic heterocycles. The van der Waals surface area contributed by atoms with Crippen LogP contribution in [0, 0.1) is 0 Å². The maximum atomic E-state index is 12.4. The van der Waals surface area contributed by atoms with Gasteiger partial charge >= 0.3 is 0 Å². The zero-order valence-electron chi connectivity index (χ0n) is 12.5. The highest BCUT2D eigenvalue weighted by molar-refractivity contribution is 7.10. The number of hydrogen-bond donors (Lipinski definition) is 1. The molecule has 118 valence electrons. The Morgan fingerprint density at radius 2 is 1.91 bits per heavy atom. The van der Waals surface area contributed by atoms with Gasteiger partial charge in [-0.05, 0) is 35.2 Å². The van der Waals surface area contributed by atoms with E-state index in [4.69, 9.17) is 11.6 Å². The number of amides is 1. The molecule has 0 aliphatic carbocycles. The van der Waals surface area contributed by atoms with E-state index < -0.39 is 0 Å². The van der Waals surface area contributed by atoms with E-state index in [9.17, 15) is 4.79 Å². The number of nitrogens with zero attached hydrogens (tertiary/aromatic N) is 1. The van der Waals surface area contributed by atoms with E-state index in [1.807, 2.05) is 60.2 Å². The fraction of sp³-hybridized carbons (Fsp3) is 0.167. The highest BCUT2D eigenvalue weighted by atomic mass is 35.5. The molecule has 1 aromatic carbocycles. The summed E-state index contributed by atoms with van der Waals surface area (Å²) in [5.74, 6) is 0.0111. The van der Waals surface area contributed by atoms with E-state index in [1.165, 1.54) is 4.88 Å². The molecule has 0 fully saturated rings. The van der Waals surface area contributed by atoms with Crippen molar-refractivity contribution in [3.63, 3.8) is 0 Å². The second-order valence-electron chi connectivity index (χ2n) is 5.23. The highest BCUT2D eigenvalue weighted by Crippen LogP contribution is 2.26. The molecule has 3 rings (SSSR count).